The zero-order chi connectivity index (χ0) is 20.8. The van der Waals surface area contributed by atoms with Gasteiger partial charge in [0.2, 0.25) is 11.3 Å². The molecule has 2 heterocycles. The molecule has 6 heteroatoms. The van der Waals surface area contributed by atoms with Gasteiger partial charge in [-0.2, -0.15) is 0 Å². The SMILES string of the molecule is CCc1ccc(NC(=O)Cn2cc(OC)c(=O)cc2CN2CCC(C)CC2)cc1. The maximum absolute atomic E-state index is 12.6. The first kappa shape index (κ1) is 21.1. The molecule has 1 fully saturated rings. The van der Waals surface area contributed by atoms with Crippen LogP contribution in [-0.2, 0) is 24.3 Å². The van der Waals surface area contributed by atoms with Crippen LogP contribution >= 0.6 is 0 Å². The average molecular weight is 398 g/mol. The maximum atomic E-state index is 12.6. The van der Waals surface area contributed by atoms with Gasteiger partial charge in [-0.3, -0.25) is 14.5 Å². The number of likely N-dealkylation sites (tertiary alicyclic amines) is 1. The predicted octanol–water partition coefficient (Wildman–Crippen LogP) is 3.29. The molecule has 1 amide bonds. The van der Waals surface area contributed by atoms with Crippen molar-refractivity contribution in [3.8, 4) is 5.75 Å². The highest BCUT2D eigenvalue weighted by Gasteiger charge is 2.18. The Hall–Kier alpha value is -2.60. The molecule has 0 bridgehead atoms. The average Bonchev–Trinajstić information content (AvgIpc) is 2.72. The van der Waals surface area contributed by atoms with Crippen LogP contribution in [0.1, 0.15) is 37.9 Å². The van der Waals surface area contributed by atoms with Gasteiger partial charge in [0.25, 0.3) is 0 Å². The van der Waals surface area contributed by atoms with Crippen molar-refractivity contribution in [1.29, 1.82) is 0 Å². The number of anilines is 1. The van der Waals surface area contributed by atoms with Crippen molar-refractivity contribution in [1.82, 2.24) is 9.47 Å². The number of benzene rings is 1. The van der Waals surface area contributed by atoms with Gasteiger partial charge in [-0.1, -0.05) is 26.0 Å². The Morgan fingerprint density at radius 1 is 1.21 bits per heavy atom. The summed E-state index contributed by atoms with van der Waals surface area (Å²) in [5, 5.41) is 2.94. The highest BCUT2D eigenvalue weighted by molar-refractivity contribution is 5.90. The van der Waals surface area contributed by atoms with Crippen LogP contribution in [0.3, 0.4) is 0 Å². The first-order chi connectivity index (χ1) is 14.0. The highest BCUT2D eigenvalue weighted by Crippen LogP contribution is 2.19. The van der Waals surface area contributed by atoms with E-state index in [2.05, 4.69) is 24.1 Å². The largest absolute Gasteiger partial charge is 0.491 e. The normalized spacial score (nSPS) is 15.3. The Morgan fingerprint density at radius 3 is 2.52 bits per heavy atom. The summed E-state index contributed by atoms with van der Waals surface area (Å²) >= 11 is 0. The number of rotatable bonds is 7. The minimum Gasteiger partial charge on any atom is -0.491 e. The zero-order valence-corrected chi connectivity index (χ0v) is 17.6. The second-order valence-corrected chi connectivity index (χ2v) is 7.88. The second-order valence-electron chi connectivity index (χ2n) is 7.88. The van der Waals surface area contributed by atoms with Crippen LogP contribution in [0.5, 0.6) is 5.75 Å². The molecule has 1 aromatic carbocycles. The van der Waals surface area contributed by atoms with Gasteiger partial charge < -0.3 is 14.6 Å². The van der Waals surface area contributed by atoms with Crippen molar-refractivity contribution in [2.45, 2.75) is 46.2 Å². The van der Waals surface area contributed by atoms with E-state index in [0.717, 1.165) is 49.7 Å². The first-order valence-corrected chi connectivity index (χ1v) is 10.4. The lowest BCUT2D eigenvalue weighted by Crippen LogP contribution is -2.34. The zero-order valence-electron chi connectivity index (χ0n) is 17.6. The van der Waals surface area contributed by atoms with Crippen molar-refractivity contribution < 1.29 is 9.53 Å². The van der Waals surface area contributed by atoms with Gasteiger partial charge in [0.1, 0.15) is 6.54 Å². The van der Waals surface area contributed by atoms with Crippen LogP contribution in [0, 0.1) is 5.92 Å². The van der Waals surface area contributed by atoms with Gasteiger partial charge in [0, 0.05) is 24.0 Å². The van der Waals surface area contributed by atoms with Crippen molar-refractivity contribution in [2.75, 3.05) is 25.5 Å². The number of nitrogens with one attached hydrogen (secondary N) is 1. The molecule has 0 radical (unpaired) electrons. The molecule has 1 saturated heterocycles. The minimum absolute atomic E-state index is 0.131. The quantitative estimate of drug-likeness (QED) is 0.779. The van der Waals surface area contributed by atoms with Crippen LogP contribution in [-0.4, -0.2) is 35.6 Å². The number of pyridine rings is 1. The summed E-state index contributed by atoms with van der Waals surface area (Å²) in [5.74, 6) is 0.865. The van der Waals surface area contributed by atoms with Crippen LogP contribution < -0.4 is 15.5 Å². The third-order valence-electron chi connectivity index (χ3n) is 5.62. The Morgan fingerprint density at radius 2 is 1.90 bits per heavy atom. The number of carbonyl (C=O) groups is 1. The number of methoxy groups -OCH3 is 1. The lowest BCUT2D eigenvalue weighted by atomic mass is 9.99. The van der Waals surface area contributed by atoms with Crippen LogP contribution in [0.4, 0.5) is 5.69 Å². The Labute approximate surface area is 172 Å². The molecule has 1 N–H and O–H groups in total. The van der Waals surface area contributed by atoms with E-state index in [1.54, 1.807) is 12.3 Å². The fourth-order valence-electron chi connectivity index (χ4n) is 3.66. The monoisotopic (exact) mass is 397 g/mol. The molecule has 0 saturated carbocycles. The molecule has 3 rings (SSSR count). The van der Waals surface area contributed by atoms with Gasteiger partial charge in [-0.05, 0) is 56.0 Å². The number of ether oxygens (including phenoxy) is 1. The second kappa shape index (κ2) is 9.74. The number of aryl methyl sites for hydroxylation is 1. The third-order valence-corrected chi connectivity index (χ3v) is 5.62. The first-order valence-electron chi connectivity index (χ1n) is 10.4. The molecule has 0 unspecified atom stereocenters. The molecule has 156 valence electrons. The molecule has 1 aliphatic heterocycles. The van der Waals surface area contributed by atoms with E-state index in [4.69, 9.17) is 4.74 Å². The molecular formula is C23H31N3O3. The fourth-order valence-corrected chi connectivity index (χ4v) is 3.66. The lowest BCUT2D eigenvalue weighted by Gasteiger charge is -2.31. The van der Waals surface area contributed by atoms with Crippen LogP contribution in [0.2, 0.25) is 0 Å². The van der Waals surface area contributed by atoms with Gasteiger partial charge in [-0.25, -0.2) is 0 Å². The van der Waals surface area contributed by atoms with E-state index in [0.29, 0.717) is 6.54 Å². The van der Waals surface area contributed by atoms with Crippen molar-refractivity contribution >= 4 is 11.6 Å². The van der Waals surface area contributed by atoms with Gasteiger partial charge in [0.15, 0.2) is 5.75 Å². The van der Waals surface area contributed by atoms with Crippen molar-refractivity contribution in [3.63, 3.8) is 0 Å². The molecule has 2 aromatic rings. The molecular weight excluding hydrogens is 366 g/mol. The summed E-state index contributed by atoms with van der Waals surface area (Å²) in [5.41, 5.74) is 2.68. The van der Waals surface area contributed by atoms with E-state index in [1.165, 1.54) is 12.7 Å². The molecule has 0 aliphatic carbocycles. The number of carbonyl (C=O) groups excluding carboxylic acids is 1. The molecule has 0 spiro atoms. The Bertz CT molecular complexity index is 881. The van der Waals surface area contributed by atoms with Crippen molar-refractivity contribution in [3.05, 3.63) is 58.0 Å². The minimum atomic E-state index is -0.153. The molecule has 29 heavy (non-hydrogen) atoms. The van der Waals surface area contributed by atoms with E-state index >= 15 is 0 Å². The molecule has 0 atom stereocenters. The molecule has 1 aromatic heterocycles. The summed E-state index contributed by atoms with van der Waals surface area (Å²) in [6.45, 7) is 7.19. The standard InChI is InChI=1S/C23H31N3O3/c1-4-18-5-7-19(8-6-18)24-23(28)16-26-15-22(29-3)21(27)13-20(26)14-25-11-9-17(2)10-12-25/h5-8,13,15,17H,4,9-12,14,16H2,1-3H3,(H,24,28). The summed E-state index contributed by atoms with van der Waals surface area (Å²) in [7, 11) is 1.47. The Balaban J connectivity index is 1.74. The Kier molecular flexibility index (Phi) is 7.09. The summed E-state index contributed by atoms with van der Waals surface area (Å²) < 4.78 is 7.02. The predicted molar refractivity (Wildman–Crippen MR) is 115 cm³/mol. The maximum Gasteiger partial charge on any atom is 0.244 e. The van der Waals surface area contributed by atoms with Gasteiger partial charge in [0.05, 0.1) is 13.3 Å². The lowest BCUT2D eigenvalue weighted by molar-refractivity contribution is -0.116. The molecule has 6 nitrogen and oxygen atoms in total. The van der Waals surface area contributed by atoms with Gasteiger partial charge >= 0.3 is 0 Å². The topological polar surface area (TPSA) is 63.6 Å². The van der Waals surface area contributed by atoms with Crippen LogP contribution in [0.25, 0.3) is 0 Å². The third kappa shape index (κ3) is 5.70. The van der Waals surface area contributed by atoms with E-state index in [9.17, 15) is 9.59 Å². The number of amides is 1. The summed E-state index contributed by atoms with van der Waals surface area (Å²) in [6, 6.07) is 9.46. The number of hydrogen-bond acceptors (Lipinski definition) is 4. The van der Waals surface area contributed by atoms with E-state index in [-0.39, 0.29) is 23.6 Å². The number of nitrogens with zero attached hydrogens (tertiary/aromatic N) is 2. The summed E-state index contributed by atoms with van der Waals surface area (Å²) in [6.07, 6.45) is 4.93. The van der Waals surface area contributed by atoms with E-state index in [1.807, 2.05) is 28.8 Å². The smallest absolute Gasteiger partial charge is 0.244 e. The number of piperidine rings is 1. The van der Waals surface area contributed by atoms with Crippen LogP contribution in [0.15, 0.2) is 41.3 Å². The van der Waals surface area contributed by atoms with Crippen molar-refractivity contribution in [2.24, 2.45) is 5.92 Å². The number of aromatic nitrogens is 1. The van der Waals surface area contributed by atoms with Gasteiger partial charge in [-0.15, -0.1) is 0 Å². The highest BCUT2D eigenvalue weighted by atomic mass is 16.5. The molecule has 1 aliphatic rings. The summed E-state index contributed by atoms with van der Waals surface area (Å²) in [4.78, 5) is 27.3. The van der Waals surface area contributed by atoms with E-state index < -0.39 is 0 Å². The number of hydrogen-bond donors (Lipinski definition) is 1. The fraction of sp³-hybridized carbons (Fsp3) is 0.478.